The van der Waals surface area contributed by atoms with Crippen molar-refractivity contribution in [3.8, 4) is 0 Å². The first-order valence-corrected chi connectivity index (χ1v) is 2.95. The zero-order chi connectivity index (χ0) is 7.84. The highest BCUT2D eigenvalue weighted by atomic mass is 19.1. The van der Waals surface area contributed by atoms with Gasteiger partial charge in [-0.05, 0) is 0 Å². The zero-order valence-corrected chi connectivity index (χ0v) is 5.43. The number of halogens is 1. The van der Waals surface area contributed by atoms with E-state index in [0.717, 1.165) is 0 Å². The Morgan fingerprint density at radius 2 is 2.45 bits per heavy atom. The molecule has 2 rings (SSSR count). The number of imidazole rings is 1. The number of aromatic nitrogens is 4. The fourth-order valence-corrected chi connectivity index (χ4v) is 0.860. The molecule has 0 aliphatic heterocycles. The molecule has 6 heteroatoms. The van der Waals surface area contributed by atoms with Gasteiger partial charge >= 0.3 is 5.95 Å². The molecule has 2 heterocycles. The van der Waals surface area contributed by atoms with Gasteiger partial charge in [-0.15, -0.1) is 0 Å². The lowest BCUT2D eigenvalue weighted by molar-refractivity contribution is -0.353. The van der Waals surface area contributed by atoms with E-state index in [1.54, 1.807) is 0 Å². The molecular weight excluding hydrogens is 149 g/mol. The molecule has 0 amide bonds. The van der Waals surface area contributed by atoms with Crippen LogP contribution in [0.5, 0.6) is 0 Å². The van der Waals surface area contributed by atoms with Gasteiger partial charge in [0.15, 0.2) is 5.52 Å². The number of hydrogen-bond donors (Lipinski definition) is 2. The third kappa shape index (κ3) is 0.794. The summed E-state index contributed by atoms with van der Waals surface area (Å²) in [5.74, 6) is -0.439. The van der Waals surface area contributed by atoms with Crippen molar-refractivity contribution in [1.29, 1.82) is 0 Å². The molecule has 0 aliphatic rings. The van der Waals surface area contributed by atoms with Crippen LogP contribution < -0.4 is 10.7 Å². The molecule has 0 aromatic carbocycles. The van der Waals surface area contributed by atoms with E-state index < -0.39 is 5.95 Å². The van der Waals surface area contributed by atoms with Gasteiger partial charge in [0.2, 0.25) is 6.33 Å². The molecule has 0 saturated carbocycles. The minimum atomic E-state index is -0.608. The van der Waals surface area contributed by atoms with E-state index in [9.17, 15) is 4.39 Å². The van der Waals surface area contributed by atoms with Crippen molar-refractivity contribution in [3.63, 3.8) is 0 Å². The average molecular weight is 154 g/mol. The number of rotatable bonds is 0. The predicted octanol–water partition coefficient (Wildman–Crippen LogP) is -0.507. The van der Waals surface area contributed by atoms with Crippen LogP contribution in [0.4, 0.5) is 10.3 Å². The third-order valence-electron chi connectivity index (χ3n) is 1.31. The highest BCUT2D eigenvalue weighted by molar-refractivity contribution is 5.68. The Morgan fingerprint density at radius 3 is 3.18 bits per heavy atom. The van der Waals surface area contributed by atoms with E-state index >= 15 is 0 Å². The van der Waals surface area contributed by atoms with E-state index in [1.165, 1.54) is 6.33 Å². The number of aromatic amines is 2. The maximum Gasteiger partial charge on any atom is 0.315 e. The first-order valence-electron chi connectivity index (χ1n) is 2.95. The number of hydrogen-bond acceptors (Lipinski definition) is 3. The highest BCUT2D eigenvalue weighted by Crippen LogP contribution is 2.07. The lowest BCUT2D eigenvalue weighted by Crippen LogP contribution is -2.05. The van der Waals surface area contributed by atoms with Crippen molar-refractivity contribution in [2.24, 2.45) is 0 Å². The van der Waals surface area contributed by atoms with E-state index in [0.29, 0.717) is 5.65 Å². The molecule has 0 spiro atoms. The summed E-state index contributed by atoms with van der Waals surface area (Å²) in [5, 5.41) is 0. The van der Waals surface area contributed by atoms with E-state index in [-0.39, 0.29) is 11.5 Å². The first-order chi connectivity index (χ1) is 5.27. The number of anilines is 1. The van der Waals surface area contributed by atoms with E-state index in [1.807, 2.05) is 0 Å². The number of fused-ring (bicyclic) bond motifs is 1. The number of nitrogens with two attached hydrogens (primary N) is 1. The molecule has 2 aromatic rings. The summed E-state index contributed by atoms with van der Waals surface area (Å²) >= 11 is 0. The quantitative estimate of drug-likeness (QED) is 0.501. The fraction of sp³-hybridized carbons (Fsp3) is 0. The van der Waals surface area contributed by atoms with Crippen molar-refractivity contribution >= 4 is 17.1 Å². The summed E-state index contributed by atoms with van der Waals surface area (Å²) in [6, 6.07) is 0. The molecule has 0 fully saturated rings. The van der Waals surface area contributed by atoms with Crippen molar-refractivity contribution in [2.45, 2.75) is 0 Å². The molecule has 56 valence electrons. The van der Waals surface area contributed by atoms with Gasteiger partial charge in [-0.1, -0.05) is 9.97 Å². The summed E-state index contributed by atoms with van der Waals surface area (Å²) in [6.45, 7) is 0. The minimum Gasteiger partial charge on any atom is -0.355 e. The van der Waals surface area contributed by atoms with Gasteiger partial charge in [0.1, 0.15) is 0 Å². The Hall–Kier alpha value is -1.72. The SMILES string of the molecule is Nc1nc2[nH+]cnc(F)c2[nH]1. The molecule has 0 bridgehead atoms. The normalized spacial score (nSPS) is 10.6. The monoisotopic (exact) mass is 154 g/mol. The van der Waals surface area contributed by atoms with E-state index in [2.05, 4.69) is 19.9 Å². The van der Waals surface area contributed by atoms with Gasteiger partial charge < -0.3 is 10.7 Å². The van der Waals surface area contributed by atoms with Crippen LogP contribution in [0.25, 0.3) is 11.2 Å². The van der Waals surface area contributed by atoms with Gasteiger partial charge in [-0.3, -0.25) is 0 Å². The molecule has 0 saturated heterocycles. The lowest BCUT2D eigenvalue weighted by Gasteiger charge is -1.79. The summed E-state index contributed by atoms with van der Waals surface area (Å²) in [6.07, 6.45) is 1.22. The van der Waals surface area contributed by atoms with Gasteiger partial charge in [0.25, 0.3) is 11.6 Å². The number of nitrogens with zero attached hydrogens (tertiary/aromatic N) is 2. The van der Waals surface area contributed by atoms with Crippen LogP contribution in [0.2, 0.25) is 0 Å². The van der Waals surface area contributed by atoms with Gasteiger partial charge in [0.05, 0.1) is 0 Å². The molecule has 4 N–H and O–H groups in total. The van der Waals surface area contributed by atoms with Crippen LogP contribution in [-0.2, 0) is 0 Å². The molecule has 11 heavy (non-hydrogen) atoms. The Balaban J connectivity index is 2.90. The van der Waals surface area contributed by atoms with Gasteiger partial charge in [-0.2, -0.15) is 4.39 Å². The highest BCUT2D eigenvalue weighted by Gasteiger charge is 2.12. The second-order valence-electron chi connectivity index (χ2n) is 2.04. The summed E-state index contributed by atoms with van der Waals surface area (Å²) in [5.41, 5.74) is 5.85. The number of nitrogen functional groups attached to an aromatic ring is 1. The summed E-state index contributed by atoms with van der Waals surface area (Å²) in [4.78, 5) is 12.3. The maximum atomic E-state index is 12.7. The van der Waals surface area contributed by atoms with Crippen LogP contribution in [0, 0.1) is 5.95 Å². The number of H-pyrrole nitrogens is 2. The second kappa shape index (κ2) is 1.88. The predicted molar refractivity (Wildman–Crippen MR) is 34.8 cm³/mol. The van der Waals surface area contributed by atoms with Crippen LogP contribution in [0.3, 0.4) is 0 Å². The van der Waals surface area contributed by atoms with Crippen molar-refractivity contribution in [2.75, 3.05) is 5.73 Å². The standard InChI is InChI=1S/C5H4FN5/c6-3-2-4(9-1-8-3)11-5(7)10-2/h1H,(H3,7,8,9,10,11)/p+1. The minimum absolute atomic E-state index is 0.170. The van der Waals surface area contributed by atoms with E-state index in [4.69, 9.17) is 5.73 Å². The Bertz CT molecular complexity index is 395. The number of nitrogens with one attached hydrogen (secondary N) is 2. The summed E-state index contributed by atoms with van der Waals surface area (Å²) < 4.78 is 12.7. The van der Waals surface area contributed by atoms with Crippen LogP contribution in [0.15, 0.2) is 6.33 Å². The second-order valence-corrected chi connectivity index (χ2v) is 2.04. The smallest absolute Gasteiger partial charge is 0.315 e. The van der Waals surface area contributed by atoms with Crippen LogP contribution >= 0.6 is 0 Å². The van der Waals surface area contributed by atoms with Crippen molar-refractivity contribution in [3.05, 3.63) is 12.3 Å². The topological polar surface area (TPSA) is 81.7 Å². The van der Waals surface area contributed by atoms with Crippen molar-refractivity contribution in [1.82, 2.24) is 15.0 Å². The Kier molecular flexibility index (Phi) is 1.03. The third-order valence-corrected chi connectivity index (χ3v) is 1.31. The van der Waals surface area contributed by atoms with Crippen LogP contribution in [-0.4, -0.2) is 15.0 Å². The molecule has 0 unspecified atom stereocenters. The first kappa shape index (κ1) is 6.02. The molecule has 5 nitrogen and oxygen atoms in total. The average Bonchev–Trinajstić information content (AvgIpc) is 2.31. The Labute approximate surface area is 60.5 Å². The lowest BCUT2D eigenvalue weighted by atomic mass is 10.5. The maximum absolute atomic E-state index is 12.7. The fourth-order valence-electron chi connectivity index (χ4n) is 0.860. The van der Waals surface area contributed by atoms with Gasteiger partial charge in [-0.25, -0.2) is 4.98 Å². The zero-order valence-electron chi connectivity index (χ0n) is 5.43. The molecule has 0 atom stereocenters. The summed E-state index contributed by atoms with van der Waals surface area (Å²) in [7, 11) is 0. The largest absolute Gasteiger partial charge is 0.355 e. The van der Waals surface area contributed by atoms with Crippen LogP contribution in [0.1, 0.15) is 0 Å². The Morgan fingerprint density at radius 1 is 1.64 bits per heavy atom. The van der Waals surface area contributed by atoms with Crippen molar-refractivity contribution < 1.29 is 9.37 Å². The molecule has 2 aromatic heterocycles. The molecule has 0 aliphatic carbocycles. The molecular formula is C5H5FN5+. The molecule has 0 radical (unpaired) electrons. The van der Waals surface area contributed by atoms with Gasteiger partial charge in [0, 0.05) is 0 Å².